The van der Waals surface area contributed by atoms with E-state index in [0.29, 0.717) is 13.0 Å². The Kier molecular flexibility index (Phi) is 4.69. The van der Waals surface area contributed by atoms with Gasteiger partial charge in [-0.25, -0.2) is 8.42 Å². The first kappa shape index (κ1) is 13.4. The maximum atomic E-state index is 11.4. The molecule has 1 atom stereocenters. The van der Waals surface area contributed by atoms with Crippen molar-refractivity contribution in [2.45, 2.75) is 25.9 Å². The Hall–Kier alpha value is -0.660. The number of rotatable bonds is 5. The van der Waals surface area contributed by atoms with Gasteiger partial charge in [0.2, 0.25) is 10.0 Å². The number of esters is 1. The highest BCUT2D eigenvalue weighted by Gasteiger charge is 2.30. The quantitative estimate of drug-likeness (QED) is 0.655. The zero-order chi connectivity index (χ0) is 12.2. The van der Waals surface area contributed by atoms with Crippen LogP contribution < -0.4 is 0 Å². The van der Waals surface area contributed by atoms with Crippen LogP contribution in [0, 0.1) is 0 Å². The Morgan fingerprint density at radius 3 is 2.75 bits per heavy atom. The predicted molar refractivity (Wildman–Crippen MR) is 57.2 cm³/mol. The Morgan fingerprint density at radius 1 is 1.56 bits per heavy atom. The van der Waals surface area contributed by atoms with Crippen LogP contribution in [-0.2, 0) is 19.6 Å². The van der Waals surface area contributed by atoms with Crippen LogP contribution in [0.2, 0.25) is 0 Å². The van der Waals surface area contributed by atoms with Crippen molar-refractivity contribution in [3.8, 4) is 0 Å². The second kappa shape index (κ2) is 5.60. The molecule has 0 aromatic carbocycles. The monoisotopic (exact) mass is 251 g/mol. The minimum atomic E-state index is -3.21. The fourth-order valence-electron chi connectivity index (χ4n) is 1.61. The van der Waals surface area contributed by atoms with Gasteiger partial charge in [-0.1, -0.05) is 0 Å². The minimum Gasteiger partial charge on any atom is -0.466 e. The van der Waals surface area contributed by atoms with Crippen molar-refractivity contribution < 1.29 is 23.1 Å². The van der Waals surface area contributed by atoms with Gasteiger partial charge in [0.25, 0.3) is 0 Å². The lowest BCUT2D eigenvalue weighted by Crippen LogP contribution is -2.35. The number of aliphatic hydroxyl groups excluding tert-OH is 1. The second-order valence-electron chi connectivity index (χ2n) is 3.69. The van der Waals surface area contributed by atoms with Crippen molar-refractivity contribution in [1.29, 1.82) is 0 Å². The zero-order valence-corrected chi connectivity index (χ0v) is 10.1. The van der Waals surface area contributed by atoms with Crippen LogP contribution in [0.3, 0.4) is 0 Å². The number of aliphatic hydroxyl groups is 1. The average Bonchev–Trinajstić information content (AvgIpc) is 2.46. The molecule has 0 bridgehead atoms. The largest absolute Gasteiger partial charge is 0.466 e. The average molecular weight is 251 g/mol. The van der Waals surface area contributed by atoms with Gasteiger partial charge in [0.05, 0.1) is 24.9 Å². The van der Waals surface area contributed by atoms with E-state index in [4.69, 9.17) is 0 Å². The number of carbonyl (C=O) groups excluding carboxylic acids is 1. The summed E-state index contributed by atoms with van der Waals surface area (Å²) in [6, 6.07) is 0. The van der Waals surface area contributed by atoms with Gasteiger partial charge in [0.1, 0.15) is 0 Å². The fraction of sp³-hybridized carbons (Fsp3) is 0.889. The van der Waals surface area contributed by atoms with E-state index in [-0.39, 0.29) is 25.3 Å². The lowest BCUT2D eigenvalue weighted by molar-refractivity contribution is -0.145. The van der Waals surface area contributed by atoms with E-state index >= 15 is 0 Å². The summed E-state index contributed by atoms with van der Waals surface area (Å²) in [5.41, 5.74) is 0. The standard InChI is InChI=1S/C9H17NO5S/c1-2-15-9(12)6-8(11)7-10-4-3-5-16(10,13)14/h8,11H,2-7H2,1H3. The molecule has 0 aliphatic carbocycles. The Balaban J connectivity index is 2.40. The Bertz CT molecular complexity index is 340. The molecule has 0 amide bonds. The second-order valence-corrected chi connectivity index (χ2v) is 5.78. The highest BCUT2D eigenvalue weighted by Crippen LogP contribution is 2.14. The summed E-state index contributed by atoms with van der Waals surface area (Å²) < 4.78 is 28.7. The summed E-state index contributed by atoms with van der Waals surface area (Å²) in [4.78, 5) is 11.0. The first-order valence-electron chi connectivity index (χ1n) is 5.27. The van der Waals surface area contributed by atoms with Crippen LogP contribution in [0.25, 0.3) is 0 Å². The van der Waals surface area contributed by atoms with Gasteiger partial charge < -0.3 is 9.84 Å². The van der Waals surface area contributed by atoms with Crippen LogP contribution in [0.1, 0.15) is 19.8 Å². The number of hydrogen-bond donors (Lipinski definition) is 1. The summed E-state index contributed by atoms with van der Waals surface area (Å²) >= 11 is 0. The molecule has 0 aromatic rings. The molecule has 1 fully saturated rings. The van der Waals surface area contributed by atoms with E-state index in [2.05, 4.69) is 4.74 Å². The molecule has 0 aromatic heterocycles. The summed E-state index contributed by atoms with van der Waals surface area (Å²) in [6.07, 6.45) is -0.583. The van der Waals surface area contributed by atoms with E-state index in [1.54, 1.807) is 6.92 Å². The van der Waals surface area contributed by atoms with Crippen molar-refractivity contribution in [2.75, 3.05) is 25.4 Å². The molecule has 6 nitrogen and oxygen atoms in total. The van der Waals surface area contributed by atoms with Gasteiger partial charge in [0, 0.05) is 13.1 Å². The normalized spacial score (nSPS) is 21.9. The molecule has 0 radical (unpaired) electrons. The van der Waals surface area contributed by atoms with Crippen molar-refractivity contribution in [2.24, 2.45) is 0 Å². The van der Waals surface area contributed by atoms with Crippen molar-refractivity contribution in [3.63, 3.8) is 0 Å². The predicted octanol–water partition coefficient (Wildman–Crippen LogP) is -0.664. The number of β-amino-alcohol motifs (C(OH)–C–C–N with tert-alkyl or cyclic N) is 1. The number of ether oxygens (including phenoxy) is 1. The van der Waals surface area contributed by atoms with Crippen molar-refractivity contribution in [3.05, 3.63) is 0 Å². The first-order valence-corrected chi connectivity index (χ1v) is 6.88. The third-order valence-electron chi connectivity index (χ3n) is 2.33. The van der Waals surface area contributed by atoms with Crippen LogP contribution in [0.4, 0.5) is 0 Å². The number of hydrogen-bond acceptors (Lipinski definition) is 5. The van der Waals surface area contributed by atoms with Gasteiger partial charge in [-0.15, -0.1) is 0 Å². The molecule has 1 N–H and O–H groups in total. The van der Waals surface area contributed by atoms with Crippen LogP contribution in [-0.4, -0.2) is 55.4 Å². The number of nitrogens with zero attached hydrogens (tertiary/aromatic N) is 1. The molecule has 1 rings (SSSR count). The summed E-state index contributed by atoms with van der Waals surface area (Å²) in [7, 11) is -3.21. The van der Waals surface area contributed by atoms with E-state index in [1.165, 1.54) is 4.31 Å². The SMILES string of the molecule is CCOC(=O)CC(O)CN1CCCS1(=O)=O. The number of carbonyl (C=O) groups is 1. The molecule has 0 spiro atoms. The summed E-state index contributed by atoms with van der Waals surface area (Å²) in [5.74, 6) is -0.384. The molecule has 1 heterocycles. The topological polar surface area (TPSA) is 83.9 Å². The van der Waals surface area contributed by atoms with Crippen LogP contribution >= 0.6 is 0 Å². The molecule has 1 aliphatic heterocycles. The summed E-state index contributed by atoms with van der Waals surface area (Å²) in [6.45, 7) is 2.33. The lowest BCUT2D eigenvalue weighted by Gasteiger charge is -2.17. The third kappa shape index (κ3) is 3.73. The molecule has 16 heavy (non-hydrogen) atoms. The molecule has 0 saturated carbocycles. The smallest absolute Gasteiger partial charge is 0.308 e. The van der Waals surface area contributed by atoms with E-state index < -0.39 is 22.1 Å². The Labute approximate surface area is 95.2 Å². The van der Waals surface area contributed by atoms with E-state index in [1.807, 2.05) is 0 Å². The number of sulfonamides is 1. The van der Waals surface area contributed by atoms with Crippen molar-refractivity contribution >= 4 is 16.0 Å². The van der Waals surface area contributed by atoms with E-state index in [9.17, 15) is 18.3 Å². The van der Waals surface area contributed by atoms with Gasteiger partial charge in [-0.2, -0.15) is 4.31 Å². The van der Waals surface area contributed by atoms with Gasteiger partial charge in [-0.05, 0) is 13.3 Å². The fourth-order valence-corrected chi connectivity index (χ4v) is 3.17. The Morgan fingerprint density at radius 2 is 2.25 bits per heavy atom. The zero-order valence-electron chi connectivity index (χ0n) is 9.26. The molecular weight excluding hydrogens is 234 g/mol. The van der Waals surface area contributed by atoms with Gasteiger partial charge >= 0.3 is 5.97 Å². The van der Waals surface area contributed by atoms with Crippen LogP contribution in [0.5, 0.6) is 0 Å². The molecule has 1 unspecified atom stereocenters. The maximum absolute atomic E-state index is 11.4. The molecule has 7 heteroatoms. The summed E-state index contributed by atoms with van der Waals surface area (Å²) in [5, 5.41) is 9.53. The van der Waals surface area contributed by atoms with Gasteiger partial charge in [-0.3, -0.25) is 4.79 Å². The molecular formula is C9H17NO5S. The van der Waals surface area contributed by atoms with Crippen molar-refractivity contribution in [1.82, 2.24) is 4.31 Å². The first-order chi connectivity index (χ1) is 7.45. The minimum absolute atomic E-state index is 0.0266. The highest BCUT2D eigenvalue weighted by molar-refractivity contribution is 7.89. The highest BCUT2D eigenvalue weighted by atomic mass is 32.2. The maximum Gasteiger partial charge on any atom is 0.308 e. The van der Waals surface area contributed by atoms with Crippen LogP contribution in [0.15, 0.2) is 0 Å². The molecule has 94 valence electrons. The van der Waals surface area contributed by atoms with E-state index in [0.717, 1.165) is 0 Å². The van der Waals surface area contributed by atoms with Gasteiger partial charge in [0.15, 0.2) is 0 Å². The molecule has 1 aliphatic rings. The molecule has 1 saturated heterocycles. The lowest BCUT2D eigenvalue weighted by atomic mass is 10.2. The third-order valence-corrected chi connectivity index (χ3v) is 4.25.